The van der Waals surface area contributed by atoms with Gasteiger partial charge in [0.15, 0.2) is 5.17 Å². The minimum Gasteiger partial charge on any atom is -0.507 e. The average molecular weight is 479 g/mol. The fourth-order valence-corrected chi connectivity index (χ4v) is 4.41. The first kappa shape index (κ1) is 20.4. The summed E-state index contributed by atoms with van der Waals surface area (Å²) in [7, 11) is 0. The van der Waals surface area contributed by atoms with Gasteiger partial charge in [-0.15, -0.1) is 0 Å². The normalized spacial score (nSPS) is 16.6. The Balaban J connectivity index is 1.64. The van der Waals surface area contributed by atoms with Gasteiger partial charge >= 0.3 is 0 Å². The number of hydrogen-bond acceptors (Lipinski definition) is 4. The van der Waals surface area contributed by atoms with Gasteiger partial charge in [0, 0.05) is 0 Å². The van der Waals surface area contributed by atoms with Crippen LogP contribution in [0.2, 0.25) is 0 Å². The predicted octanol–water partition coefficient (Wildman–Crippen LogP) is 5.83. The Morgan fingerprint density at radius 1 is 0.967 bits per heavy atom. The van der Waals surface area contributed by atoms with Crippen LogP contribution in [-0.4, -0.2) is 21.1 Å². The molecule has 0 aliphatic carbocycles. The van der Waals surface area contributed by atoms with Crippen LogP contribution in [0.4, 0.5) is 0 Å². The molecule has 0 atom stereocenters. The van der Waals surface area contributed by atoms with E-state index in [0.717, 1.165) is 16.7 Å². The molecule has 0 radical (unpaired) electrons. The summed E-state index contributed by atoms with van der Waals surface area (Å²) < 4.78 is 0.589. The number of carbonyl (C=O) groups excluding carboxylic acids is 1. The maximum absolute atomic E-state index is 13.2. The van der Waals surface area contributed by atoms with E-state index in [2.05, 4.69) is 15.9 Å². The minimum atomic E-state index is -0.0696. The summed E-state index contributed by atoms with van der Waals surface area (Å²) >= 11 is 4.70. The molecule has 150 valence electrons. The summed E-state index contributed by atoms with van der Waals surface area (Å²) in [5.41, 5.74) is 2.98. The largest absolute Gasteiger partial charge is 0.507 e. The second-order valence-corrected chi connectivity index (χ2v) is 8.65. The fourth-order valence-electron chi connectivity index (χ4n) is 3.04. The number of amides is 1. The van der Waals surface area contributed by atoms with Crippen molar-refractivity contribution in [2.45, 2.75) is 13.1 Å². The maximum atomic E-state index is 13.2. The van der Waals surface area contributed by atoms with Gasteiger partial charge in [-0.25, -0.2) is 0 Å². The SMILES string of the molecule is O=C1/C(=C\c2ccc(O)c(Br)c2)SC(=NCc2ccccc2)N1Cc1ccccc1. The number of hydrogen-bond donors (Lipinski definition) is 1. The Labute approximate surface area is 188 Å². The summed E-state index contributed by atoms with van der Waals surface area (Å²) in [5, 5.41) is 10.4. The standard InChI is InChI=1S/C24H19BrN2O2S/c25-20-13-19(11-12-21(20)28)14-22-23(29)27(16-18-9-5-2-6-10-18)24(30-22)26-15-17-7-3-1-4-8-17/h1-14,28H,15-16H2/b22-14+,26-24?. The number of carbonyl (C=O) groups is 1. The molecule has 6 heteroatoms. The van der Waals surface area contributed by atoms with Gasteiger partial charge in [-0.05, 0) is 62.6 Å². The van der Waals surface area contributed by atoms with Crippen molar-refractivity contribution < 1.29 is 9.90 Å². The second kappa shape index (κ2) is 9.32. The van der Waals surface area contributed by atoms with Crippen LogP contribution in [-0.2, 0) is 17.9 Å². The van der Waals surface area contributed by atoms with Crippen molar-refractivity contribution in [2.24, 2.45) is 4.99 Å². The van der Waals surface area contributed by atoms with E-state index in [1.54, 1.807) is 23.1 Å². The highest BCUT2D eigenvalue weighted by molar-refractivity contribution is 9.10. The summed E-state index contributed by atoms with van der Waals surface area (Å²) in [6, 6.07) is 25.1. The Morgan fingerprint density at radius 3 is 2.30 bits per heavy atom. The summed E-state index contributed by atoms with van der Waals surface area (Å²) in [6.45, 7) is 0.983. The molecule has 1 saturated heterocycles. The van der Waals surface area contributed by atoms with Crippen LogP contribution in [0.3, 0.4) is 0 Å². The number of aliphatic imine (C=N–C) groups is 1. The number of halogens is 1. The van der Waals surface area contributed by atoms with Crippen LogP contribution in [0.25, 0.3) is 6.08 Å². The zero-order chi connectivity index (χ0) is 20.9. The molecule has 1 amide bonds. The molecule has 0 bridgehead atoms. The van der Waals surface area contributed by atoms with Crippen LogP contribution in [0.1, 0.15) is 16.7 Å². The predicted molar refractivity (Wildman–Crippen MR) is 126 cm³/mol. The third-order valence-corrected chi connectivity index (χ3v) is 6.26. The Bertz CT molecular complexity index is 1110. The van der Waals surface area contributed by atoms with Crippen molar-refractivity contribution in [3.05, 3.63) is 105 Å². The van der Waals surface area contributed by atoms with E-state index < -0.39 is 0 Å². The smallest absolute Gasteiger partial charge is 0.267 e. The lowest BCUT2D eigenvalue weighted by Gasteiger charge is -2.15. The van der Waals surface area contributed by atoms with E-state index in [1.165, 1.54) is 11.8 Å². The van der Waals surface area contributed by atoms with E-state index in [0.29, 0.717) is 27.6 Å². The lowest BCUT2D eigenvalue weighted by atomic mass is 10.2. The van der Waals surface area contributed by atoms with E-state index in [1.807, 2.05) is 66.7 Å². The van der Waals surface area contributed by atoms with Crippen molar-refractivity contribution in [2.75, 3.05) is 0 Å². The Morgan fingerprint density at radius 2 is 1.63 bits per heavy atom. The van der Waals surface area contributed by atoms with Gasteiger partial charge in [0.05, 0.1) is 22.5 Å². The minimum absolute atomic E-state index is 0.0696. The zero-order valence-corrected chi connectivity index (χ0v) is 18.4. The molecule has 4 nitrogen and oxygen atoms in total. The van der Waals surface area contributed by atoms with E-state index in [-0.39, 0.29) is 11.7 Å². The molecule has 3 aromatic carbocycles. The Kier molecular flexibility index (Phi) is 6.35. The van der Waals surface area contributed by atoms with Crippen LogP contribution in [0.15, 0.2) is 93.2 Å². The summed E-state index contributed by atoms with van der Waals surface area (Å²) in [6.07, 6.45) is 1.83. The lowest BCUT2D eigenvalue weighted by Crippen LogP contribution is -2.28. The van der Waals surface area contributed by atoms with Gasteiger partial charge in [-0.2, -0.15) is 0 Å². The van der Waals surface area contributed by atoms with E-state index in [4.69, 9.17) is 4.99 Å². The number of phenolic OH excluding ortho intramolecular Hbond substituents is 1. The first-order valence-corrected chi connectivity index (χ1v) is 11.0. The van der Waals surface area contributed by atoms with Gasteiger partial charge in [0.25, 0.3) is 5.91 Å². The quantitative estimate of drug-likeness (QED) is 0.469. The number of nitrogens with zero attached hydrogens (tertiary/aromatic N) is 2. The molecular weight excluding hydrogens is 460 g/mol. The number of phenols is 1. The highest BCUT2D eigenvalue weighted by Gasteiger charge is 2.33. The summed E-state index contributed by atoms with van der Waals surface area (Å²) in [5.74, 6) is 0.0956. The third-order valence-electron chi connectivity index (χ3n) is 4.58. The molecule has 1 aliphatic rings. The van der Waals surface area contributed by atoms with Crippen molar-refractivity contribution in [1.29, 1.82) is 0 Å². The van der Waals surface area contributed by atoms with Crippen molar-refractivity contribution in [1.82, 2.24) is 4.90 Å². The number of aromatic hydroxyl groups is 1. The average Bonchev–Trinajstić information content (AvgIpc) is 3.05. The number of benzene rings is 3. The summed E-state index contributed by atoms with van der Waals surface area (Å²) in [4.78, 5) is 20.3. The molecular formula is C24H19BrN2O2S. The molecule has 3 aromatic rings. The number of thioether (sulfide) groups is 1. The fraction of sp³-hybridized carbons (Fsp3) is 0.0833. The molecule has 0 spiro atoms. The zero-order valence-electron chi connectivity index (χ0n) is 16.0. The van der Waals surface area contributed by atoms with Crippen molar-refractivity contribution >= 4 is 44.8 Å². The third kappa shape index (κ3) is 4.83. The molecule has 1 N–H and O–H groups in total. The maximum Gasteiger partial charge on any atom is 0.267 e. The van der Waals surface area contributed by atoms with Crippen LogP contribution < -0.4 is 0 Å². The van der Waals surface area contributed by atoms with Gasteiger partial charge < -0.3 is 5.11 Å². The first-order chi connectivity index (χ1) is 14.6. The van der Waals surface area contributed by atoms with Crippen LogP contribution in [0, 0.1) is 0 Å². The van der Waals surface area contributed by atoms with Crippen molar-refractivity contribution in [3.63, 3.8) is 0 Å². The second-order valence-electron chi connectivity index (χ2n) is 6.78. The topological polar surface area (TPSA) is 52.9 Å². The molecule has 1 aliphatic heterocycles. The molecule has 1 heterocycles. The van der Waals surface area contributed by atoms with Gasteiger partial charge in [0.2, 0.25) is 0 Å². The van der Waals surface area contributed by atoms with Crippen LogP contribution in [0.5, 0.6) is 5.75 Å². The lowest BCUT2D eigenvalue weighted by molar-refractivity contribution is -0.122. The molecule has 30 heavy (non-hydrogen) atoms. The highest BCUT2D eigenvalue weighted by atomic mass is 79.9. The van der Waals surface area contributed by atoms with Crippen LogP contribution >= 0.6 is 27.7 Å². The van der Waals surface area contributed by atoms with Gasteiger partial charge in [-0.3, -0.25) is 14.7 Å². The van der Waals surface area contributed by atoms with E-state index in [9.17, 15) is 9.90 Å². The van der Waals surface area contributed by atoms with Gasteiger partial charge in [0.1, 0.15) is 5.75 Å². The molecule has 0 saturated carbocycles. The molecule has 0 unspecified atom stereocenters. The highest BCUT2D eigenvalue weighted by Crippen LogP contribution is 2.35. The van der Waals surface area contributed by atoms with Crippen molar-refractivity contribution in [3.8, 4) is 5.75 Å². The number of amidine groups is 1. The monoisotopic (exact) mass is 478 g/mol. The molecule has 1 fully saturated rings. The molecule has 4 rings (SSSR count). The van der Waals surface area contributed by atoms with Gasteiger partial charge in [-0.1, -0.05) is 66.7 Å². The first-order valence-electron chi connectivity index (χ1n) is 9.42. The Hall–Kier alpha value is -2.83. The molecule has 0 aromatic heterocycles. The number of rotatable bonds is 5. The van der Waals surface area contributed by atoms with E-state index >= 15 is 0 Å².